The summed E-state index contributed by atoms with van der Waals surface area (Å²) >= 11 is -0.182. The largest absolute Gasteiger partial charge is 0.0791 e. The number of benzene rings is 1. The fourth-order valence-corrected chi connectivity index (χ4v) is 9.18. The fraction of sp³-hybridized carbons (Fsp3) is 0.625. The smallest absolute Gasteiger partial charge is 0.0671 e. The molecule has 1 aromatic rings. The van der Waals surface area contributed by atoms with Gasteiger partial charge in [0.15, 0.2) is 0 Å². The summed E-state index contributed by atoms with van der Waals surface area (Å²) in [6.07, 6.45) is 0. The third-order valence-corrected chi connectivity index (χ3v) is 7.87. The van der Waals surface area contributed by atoms with Crippen molar-refractivity contribution in [2.45, 2.75) is 61.5 Å². The van der Waals surface area contributed by atoms with Gasteiger partial charge in [0, 0.05) is 0 Å². The van der Waals surface area contributed by atoms with Crippen molar-refractivity contribution in [2.24, 2.45) is 0 Å². The molecule has 1 rings (SSSR count). The maximum Gasteiger partial charge on any atom is 0.0791 e. The van der Waals surface area contributed by atoms with E-state index >= 15 is 0 Å². The van der Waals surface area contributed by atoms with E-state index in [4.69, 9.17) is 0 Å². The van der Waals surface area contributed by atoms with Crippen molar-refractivity contribution in [3.63, 3.8) is 0 Å². The first-order valence-electron chi connectivity index (χ1n) is 6.66. The standard InChI is InChI=1S/C8H11Si.2C4H9.Sn/c1-9(2)8-6-4-3-5-7-8;2*1-4(2)3;/h3-7H,1-2H3;2*1-3H3;. The number of rotatable bonds is 1. The molecule has 0 bridgehead atoms. The predicted molar refractivity (Wildman–Crippen MR) is 88.7 cm³/mol. The van der Waals surface area contributed by atoms with Gasteiger partial charge in [0.1, 0.15) is 0 Å². The summed E-state index contributed by atoms with van der Waals surface area (Å²) in [4.78, 5) is 0. The van der Waals surface area contributed by atoms with Gasteiger partial charge in [-0.25, -0.2) is 0 Å². The number of hydrogen-bond donors (Lipinski definition) is 0. The van der Waals surface area contributed by atoms with Crippen LogP contribution >= 0.6 is 0 Å². The molecule has 0 amide bonds. The van der Waals surface area contributed by atoms with Gasteiger partial charge < -0.3 is 0 Å². The van der Waals surface area contributed by atoms with Gasteiger partial charge in [-0.15, -0.1) is 0 Å². The first-order valence-corrected chi connectivity index (χ1v) is 12.0. The second kappa shape index (κ2) is 7.73. The third kappa shape index (κ3) is 11.3. The Kier molecular flexibility index (Phi) is 7.84. The van der Waals surface area contributed by atoms with Crippen molar-refractivity contribution in [1.82, 2.24) is 0 Å². The van der Waals surface area contributed by atoms with Crippen LogP contribution in [0.25, 0.3) is 0 Å². The minimum atomic E-state index is -0.212. The molecule has 0 aliphatic carbocycles. The van der Waals surface area contributed by atoms with Crippen molar-refractivity contribution in [3.8, 4) is 0 Å². The molecule has 0 aliphatic rings. The molecule has 0 heterocycles. The van der Waals surface area contributed by atoms with Crippen LogP contribution in [0.2, 0.25) is 20.0 Å². The Labute approximate surface area is 126 Å². The second-order valence-electron chi connectivity index (χ2n) is 6.99. The first-order chi connectivity index (χ1) is 8.01. The molecule has 0 atom stereocenters. The quantitative estimate of drug-likeness (QED) is 0.626. The van der Waals surface area contributed by atoms with E-state index in [0.29, 0.717) is 6.86 Å². The van der Waals surface area contributed by atoms with Gasteiger partial charge in [0.25, 0.3) is 0 Å². The van der Waals surface area contributed by atoms with Crippen molar-refractivity contribution < 1.29 is 0 Å². The van der Waals surface area contributed by atoms with E-state index in [9.17, 15) is 0 Å². The Morgan fingerprint density at radius 1 is 0.778 bits per heavy atom. The minimum Gasteiger partial charge on any atom is -0.0671 e. The third-order valence-electron chi connectivity index (χ3n) is 2.10. The van der Waals surface area contributed by atoms with Gasteiger partial charge in [-0.3, -0.25) is 0 Å². The van der Waals surface area contributed by atoms with Crippen molar-refractivity contribution in [2.75, 3.05) is 0 Å². The molecule has 1 aromatic carbocycles. The molecule has 0 aliphatic heterocycles. The molecule has 0 N–H and O–H groups in total. The molecular formula is C16H29SiSn. The molecule has 0 unspecified atom stereocenters. The van der Waals surface area contributed by atoms with Gasteiger partial charge in [-0.05, 0) is 0 Å². The van der Waals surface area contributed by atoms with Crippen LogP contribution in [0.4, 0.5) is 0 Å². The van der Waals surface area contributed by atoms with E-state index in [1.54, 1.807) is 0 Å². The molecule has 0 aromatic heterocycles. The van der Waals surface area contributed by atoms with Gasteiger partial charge in [0.05, 0.1) is 8.80 Å². The summed E-state index contributed by atoms with van der Waals surface area (Å²) in [6.45, 7) is 18.8. The molecule has 0 saturated heterocycles. The van der Waals surface area contributed by atoms with E-state index in [2.05, 4.69) is 85.0 Å². The maximum absolute atomic E-state index is 2.37. The zero-order chi connectivity index (χ0) is 14.4. The average molecular weight is 368 g/mol. The van der Waals surface area contributed by atoms with Crippen molar-refractivity contribution in [3.05, 3.63) is 30.3 Å². The summed E-state index contributed by atoms with van der Waals surface area (Å²) in [5.74, 6) is 0. The summed E-state index contributed by atoms with van der Waals surface area (Å²) in [5.41, 5.74) is 0. The van der Waals surface area contributed by atoms with Crippen LogP contribution in [0, 0.1) is 0 Å². The SMILES string of the molecule is C[C](C)(C)[Sn][C](C)(C)C.C[Si](C)c1ccccc1. The Morgan fingerprint density at radius 3 is 1.33 bits per heavy atom. The second-order valence-corrected chi connectivity index (χ2v) is 18.8. The monoisotopic (exact) mass is 369 g/mol. The van der Waals surface area contributed by atoms with E-state index < -0.39 is 0 Å². The van der Waals surface area contributed by atoms with Gasteiger partial charge in [-0.2, -0.15) is 0 Å². The molecule has 0 spiro atoms. The molecule has 0 fully saturated rings. The fourth-order valence-electron chi connectivity index (χ4n) is 1.90. The van der Waals surface area contributed by atoms with Crippen LogP contribution in [0.15, 0.2) is 30.3 Å². The van der Waals surface area contributed by atoms with Crippen LogP contribution in [-0.4, -0.2) is 29.9 Å². The van der Waals surface area contributed by atoms with Crippen LogP contribution < -0.4 is 5.19 Å². The summed E-state index contributed by atoms with van der Waals surface area (Å²) in [5, 5.41) is 1.52. The van der Waals surface area contributed by atoms with Crippen LogP contribution in [-0.2, 0) is 0 Å². The topological polar surface area (TPSA) is 0 Å². The van der Waals surface area contributed by atoms with Crippen LogP contribution in [0.5, 0.6) is 0 Å². The predicted octanol–water partition coefficient (Wildman–Crippen LogP) is 4.78. The molecule has 101 valence electrons. The Morgan fingerprint density at radius 2 is 1.17 bits per heavy atom. The molecule has 0 saturated carbocycles. The van der Waals surface area contributed by atoms with E-state index in [1.165, 1.54) is 5.19 Å². The van der Waals surface area contributed by atoms with Crippen molar-refractivity contribution >= 4 is 35.1 Å². The molecule has 2 heteroatoms. The first kappa shape index (κ1) is 18.2. The molecule has 3 radical (unpaired) electrons. The zero-order valence-corrected chi connectivity index (χ0v) is 17.2. The van der Waals surface area contributed by atoms with E-state index in [1.807, 2.05) is 0 Å². The van der Waals surface area contributed by atoms with Crippen molar-refractivity contribution in [1.29, 1.82) is 0 Å². The summed E-state index contributed by atoms with van der Waals surface area (Å²) in [6, 6.07) is 10.7. The summed E-state index contributed by atoms with van der Waals surface area (Å²) in [7, 11) is -0.212. The Hall–Kier alpha value is 0.236. The maximum atomic E-state index is 2.37. The summed E-state index contributed by atoms with van der Waals surface area (Å²) < 4.78 is 1.31. The Bertz CT molecular complexity index is 305. The van der Waals surface area contributed by atoms with Crippen LogP contribution in [0.3, 0.4) is 0 Å². The van der Waals surface area contributed by atoms with Gasteiger partial charge in [0.2, 0.25) is 0 Å². The zero-order valence-electron chi connectivity index (χ0n) is 13.4. The van der Waals surface area contributed by atoms with E-state index in [-0.39, 0.29) is 29.9 Å². The number of hydrogen-bond acceptors (Lipinski definition) is 0. The van der Waals surface area contributed by atoms with Gasteiger partial charge in [-0.1, -0.05) is 48.6 Å². The average Bonchev–Trinajstić information content (AvgIpc) is 2.14. The molecule has 18 heavy (non-hydrogen) atoms. The molecular weight excluding hydrogens is 339 g/mol. The Balaban J connectivity index is 0.000000321. The van der Waals surface area contributed by atoms with Gasteiger partial charge >= 0.3 is 69.5 Å². The normalized spacial score (nSPS) is 12.1. The molecule has 0 nitrogen and oxygen atoms in total. The van der Waals surface area contributed by atoms with E-state index in [0.717, 1.165) is 0 Å². The minimum absolute atomic E-state index is 0.182. The van der Waals surface area contributed by atoms with Crippen LogP contribution in [0.1, 0.15) is 41.5 Å².